The van der Waals surface area contributed by atoms with Crippen LogP contribution in [-0.4, -0.2) is 65.8 Å². The van der Waals surface area contributed by atoms with Gasteiger partial charge < -0.3 is 25.2 Å². The first-order valence-electron chi connectivity index (χ1n) is 7.73. The molecule has 150 valence electrons. The molecule has 0 aromatic heterocycles. The Hall–Kier alpha value is 0.1000. The molecule has 0 aromatic carbocycles. The highest BCUT2D eigenvalue weighted by Crippen LogP contribution is 2.60. The second-order valence-electron chi connectivity index (χ2n) is 4.21. The Morgan fingerprint density at radius 1 is 1.24 bits per heavy atom. The van der Waals surface area contributed by atoms with Crippen LogP contribution >= 0.6 is 42.6 Å². The van der Waals surface area contributed by atoms with Crippen LogP contribution in [0.15, 0.2) is 0 Å². The van der Waals surface area contributed by atoms with Gasteiger partial charge in [-0.3, -0.25) is 9.59 Å². The monoisotopic (exact) mass is 436 g/mol. The number of rotatable bonds is 13. The highest BCUT2D eigenvalue weighted by molar-refractivity contribution is 8.55. The van der Waals surface area contributed by atoms with Crippen molar-refractivity contribution in [1.82, 2.24) is 5.32 Å². The minimum atomic E-state index is -2.86. The van der Waals surface area contributed by atoms with Crippen molar-refractivity contribution < 1.29 is 28.3 Å². The zero-order valence-electron chi connectivity index (χ0n) is 14.8. The third kappa shape index (κ3) is 17.3. The first-order chi connectivity index (χ1) is 11.8. The zero-order chi connectivity index (χ0) is 19.7. The van der Waals surface area contributed by atoms with Gasteiger partial charge >= 0.3 is 12.8 Å². The molecule has 1 amide bonds. The number of carboxylic acid groups (broad SMARTS) is 1. The van der Waals surface area contributed by atoms with Crippen LogP contribution < -0.4 is 11.1 Å². The van der Waals surface area contributed by atoms with E-state index < -0.39 is 31.3 Å². The van der Waals surface area contributed by atoms with Gasteiger partial charge in [0.2, 0.25) is 5.91 Å². The van der Waals surface area contributed by atoms with Gasteiger partial charge in [-0.05, 0) is 31.0 Å². The van der Waals surface area contributed by atoms with Gasteiger partial charge in [0.05, 0.1) is 19.3 Å². The summed E-state index contributed by atoms with van der Waals surface area (Å²) < 4.78 is 22.2. The molecule has 0 spiro atoms. The van der Waals surface area contributed by atoms with Crippen molar-refractivity contribution in [3.63, 3.8) is 0 Å². The van der Waals surface area contributed by atoms with Gasteiger partial charge in [-0.15, -0.1) is 0 Å². The van der Waals surface area contributed by atoms with Crippen LogP contribution in [0.5, 0.6) is 0 Å². The number of nitrogens with one attached hydrogen (secondary N) is 1. The number of carbonyl (C=O) groups excluding carboxylic acids is 1. The molecule has 0 saturated carbocycles. The third-order valence-electron chi connectivity index (χ3n) is 2.20. The van der Waals surface area contributed by atoms with Crippen LogP contribution in [-0.2, 0) is 23.2 Å². The summed E-state index contributed by atoms with van der Waals surface area (Å²) >= 11 is 6.90. The molecule has 0 heterocycles. The number of hydrogen-bond acceptors (Lipinski definition) is 9. The third-order valence-corrected chi connectivity index (χ3v) is 7.74. The predicted octanol–water partition coefficient (Wildman–Crippen LogP) is 2.10. The van der Waals surface area contributed by atoms with Crippen molar-refractivity contribution >= 4 is 54.4 Å². The molecule has 0 saturated heterocycles. The van der Waals surface area contributed by atoms with E-state index in [4.69, 9.17) is 19.9 Å². The van der Waals surface area contributed by atoms with Crippen molar-refractivity contribution in [2.45, 2.75) is 26.8 Å². The second-order valence-corrected chi connectivity index (χ2v) is 10.2. The van der Waals surface area contributed by atoms with Gasteiger partial charge in [0.25, 0.3) is 0 Å². The average Bonchev–Trinajstić information content (AvgIpc) is 2.57. The Balaban J connectivity index is 0. The van der Waals surface area contributed by atoms with E-state index in [1.54, 1.807) is 0 Å². The SMILES string of the molecule is CCOP(=O)(OCC)SCCSCC.NC(CS)C(=O)NCC(=O)O. The van der Waals surface area contributed by atoms with Crippen molar-refractivity contribution in [2.75, 3.05) is 42.8 Å². The molecule has 0 radical (unpaired) electrons. The number of carbonyl (C=O) groups is 2. The topological polar surface area (TPSA) is 128 Å². The summed E-state index contributed by atoms with van der Waals surface area (Å²) in [6.07, 6.45) is 0. The molecule has 4 N–H and O–H groups in total. The van der Waals surface area contributed by atoms with Gasteiger partial charge in [-0.25, -0.2) is 4.57 Å². The number of carboxylic acids is 1. The molecule has 0 aromatic rings. The molecule has 0 bridgehead atoms. The number of thioether (sulfide) groups is 1. The largest absolute Gasteiger partial charge is 0.480 e. The Labute approximate surface area is 163 Å². The van der Waals surface area contributed by atoms with Crippen molar-refractivity contribution in [2.24, 2.45) is 5.73 Å². The van der Waals surface area contributed by atoms with E-state index >= 15 is 0 Å². The van der Waals surface area contributed by atoms with E-state index in [9.17, 15) is 14.2 Å². The van der Waals surface area contributed by atoms with Gasteiger partial charge in [-0.2, -0.15) is 24.4 Å². The quantitative estimate of drug-likeness (QED) is 0.195. The van der Waals surface area contributed by atoms with Gasteiger partial charge in [0, 0.05) is 17.3 Å². The summed E-state index contributed by atoms with van der Waals surface area (Å²) in [6.45, 7) is 3.38. The maximum atomic E-state index is 11.9. The number of nitrogens with two attached hydrogens (primary N) is 1. The molecule has 0 aliphatic rings. The lowest BCUT2D eigenvalue weighted by atomic mass is 10.3. The van der Waals surface area contributed by atoms with Gasteiger partial charge in [0.15, 0.2) is 0 Å². The standard InChI is InChI=1S/C8H19O3PS2.C5H10N2O3S/c1-4-10-12(9,11-5-2)14-8-7-13-6-3;6-3(2-11)5(10)7-1-4(8)9/h4-8H2,1-3H3;3,11H,1-2,6H2,(H,7,10)(H,8,9). The van der Waals surface area contributed by atoms with Crippen LogP contribution in [0.4, 0.5) is 0 Å². The summed E-state index contributed by atoms with van der Waals surface area (Å²) in [5.74, 6) is 1.51. The van der Waals surface area contributed by atoms with Crippen LogP contribution in [0.3, 0.4) is 0 Å². The van der Waals surface area contributed by atoms with Crippen molar-refractivity contribution in [1.29, 1.82) is 0 Å². The maximum Gasteiger partial charge on any atom is 0.389 e. The molecular formula is C13H29N2O6PS3. The maximum absolute atomic E-state index is 11.9. The van der Waals surface area contributed by atoms with E-state index in [0.717, 1.165) is 17.3 Å². The molecular weight excluding hydrogens is 407 g/mol. The number of amides is 1. The fourth-order valence-electron chi connectivity index (χ4n) is 1.16. The Morgan fingerprint density at radius 2 is 1.80 bits per heavy atom. The predicted molar refractivity (Wildman–Crippen MR) is 109 cm³/mol. The summed E-state index contributed by atoms with van der Waals surface area (Å²) in [4.78, 5) is 20.7. The Kier molecular flexibility index (Phi) is 19.1. The lowest BCUT2D eigenvalue weighted by molar-refractivity contribution is -0.138. The zero-order valence-corrected chi connectivity index (χ0v) is 18.2. The fraction of sp³-hybridized carbons (Fsp3) is 0.846. The van der Waals surface area contributed by atoms with Crippen LogP contribution in [0, 0.1) is 0 Å². The highest BCUT2D eigenvalue weighted by atomic mass is 32.7. The van der Waals surface area contributed by atoms with Gasteiger partial charge in [-0.1, -0.05) is 6.92 Å². The van der Waals surface area contributed by atoms with Crippen molar-refractivity contribution in [3.8, 4) is 0 Å². The van der Waals surface area contributed by atoms with E-state index in [2.05, 4.69) is 24.9 Å². The summed E-state index contributed by atoms with van der Waals surface area (Å²) in [5, 5.41) is 10.3. The molecule has 0 rings (SSSR count). The number of thiol groups is 1. The fourth-order valence-corrected chi connectivity index (χ4v) is 5.88. The van der Waals surface area contributed by atoms with Crippen molar-refractivity contribution in [3.05, 3.63) is 0 Å². The Morgan fingerprint density at radius 3 is 2.20 bits per heavy atom. The lowest BCUT2D eigenvalue weighted by Crippen LogP contribution is -2.43. The molecule has 25 heavy (non-hydrogen) atoms. The molecule has 0 aliphatic heterocycles. The van der Waals surface area contributed by atoms with Crippen LogP contribution in [0.2, 0.25) is 0 Å². The van der Waals surface area contributed by atoms with Crippen LogP contribution in [0.25, 0.3) is 0 Å². The normalized spacial score (nSPS) is 12.0. The number of aliphatic carboxylic acids is 1. The first-order valence-corrected chi connectivity index (χ1v) is 12.7. The first kappa shape index (κ1) is 27.3. The minimum Gasteiger partial charge on any atom is -0.480 e. The average molecular weight is 437 g/mol. The van der Waals surface area contributed by atoms with Crippen LogP contribution in [0.1, 0.15) is 20.8 Å². The molecule has 1 unspecified atom stereocenters. The molecule has 0 aliphatic carbocycles. The highest BCUT2D eigenvalue weighted by Gasteiger charge is 2.23. The van der Waals surface area contributed by atoms with E-state index in [1.807, 2.05) is 25.6 Å². The van der Waals surface area contributed by atoms with E-state index in [-0.39, 0.29) is 5.75 Å². The molecule has 0 fully saturated rings. The minimum absolute atomic E-state index is 0.200. The second kappa shape index (κ2) is 17.5. The number of hydrogen-bond donors (Lipinski definition) is 4. The smallest absolute Gasteiger partial charge is 0.389 e. The summed E-state index contributed by atoms with van der Waals surface area (Å²) in [7, 11) is 0. The Bertz CT molecular complexity index is 407. The molecule has 12 heteroatoms. The van der Waals surface area contributed by atoms with Gasteiger partial charge in [0.1, 0.15) is 6.54 Å². The van der Waals surface area contributed by atoms with E-state index in [1.165, 1.54) is 11.4 Å². The lowest BCUT2D eigenvalue weighted by Gasteiger charge is -2.15. The summed E-state index contributed by atoms with van der Waals surface area (Å²) in [5.41, 5.74) is 5.22. The molecule has 1 atom stereocenters. The summed E-state index contributed by atoms with van der Waals surface area (Å²) in [6, 6.07) is -0.738. The van der Waals surface area contributed by atoms with E-state index in [0.29, 0.717) is 13.2 Å². The molecule has 8 nitrogen and oxygen atoms in total.